The van der Waals surface area contributed by atoms with Gasteiger partial charge in [0.25, 0.3) is 0 Å². The quantitative estimate of drug-likeness (QED) is 0.572. The first-order valence-corrected chi connectivity index (χ1v) is 3.49. The molecule has 70 valence electrons. The minimum Gasteiger partial charge on any atom is -0.543 e. The molecule has 0 aliphatic carbocycles. The van der Waals surface area contributed by atoms with E-state index in [-0.39, 0.29) is 12.2 Å². The van der Waals surface area contributed by atoms with Crippen LogP contribution in [-0.2, 0) is 4.74 Å². The van der Waals surface area contributed by atoms with Crippen LogP contribution < -0.4 is 5.11 Å². The lowest BCUT2D eigenvalue weighted by atomic mass is 10.2. The number of aromatic carboxylic acids is 1. The second-order valence-corrected chi connectivity index (χ2v) is 2.08. The Bertz CT molecular complexity index is 329. The van der Waals surface area contributed by atoms with Crippen molar-refractivity contribution in [3.63, 3.8) is 0 Å². The van der Waals surface area contributed by atoms with Gasteiger partial charge in [0, 0.05) is 0 Å². The molecule has 0 N–H and O–H groups in total. The number of hydrogen-bond donors (Lipinski definition) is 0. The predicted molar refractivity (Wildman–Crippen MR) is 36.8 cm³/mol. The van der Waals surface area contributed by atoms with Crippen molar-refractivity contribution >= 4 is 11.9 Å². The van der Waals surface area contributed by atoms with E-state index in [4.69, 9.17) is 0 Å². The number of esters is 1. The summed E-state index contributed by atoms with van der Waals surface area (Å²) in [6, 6.07) is 0. The van der Waals surface area contributed by atoms with Gasteiger partial charge in [0.15, 0.2) is 0 Å². The summed E-state index contributed by atoms with van der Waals surface area (Å²) in [7, 11) is 0. The molecule has 0 aliphatic rings. The van der Waals surface area contributed by atoms with Crippen molar-refractivity contribution < 1.29 is 24.0 Å². The zero-order valence-corrected chi connectivity index (χ0v) is 6.77. The van der Waals surface area contributed by atoms with Gasteiger partial charge in [-0.2, -0.15) is 0 Å². The number of carbonyl (C=O) groups excluding carboxylic acids is 2. The Morgan fingerprint density at radius 2 is 2.38 bits per heavy atom. The molecule has 1 rings (SSSR count). The van der Waals surface area contributed by atoms with Gasteiger partial charge in [-0.15, -0.1) is 0 Å². The SMILES string of the molecule is CCOC(=O)c1conc1C(=O)[O-]. The van der Waals surface area contributed by atoms with Crippen LogP contribution in [0, 0.1) is 0 Å². The van der Waals surface area contributed by atoms with Gasteiger partial charge in [0.1, 0.15) is 17.5 Å². The van der Waals surface area contributed by atoms with E-state index in [1.54, 1.807) is 6.92 Å². The third-order valence-electron chi connectivity index (χ3n) is 1.26. The lowest BCUT2D eigenvalue weighted by molar-refractivity contribution is -0.255. The molecule has 0 saturated carbocycles. The van der Waals surface area contributed by atoms with Crippen LogP contribution in [0.1, 0.15) is 27.8 Å². The molecule has 0 fully saturated rings. The molecule has 0 aliphatic heterocycles. The van der Waals surface area contributed by atoms with Gasteiger partial charge in [-0.1, -0.05) is 5.16 Å². The summed E-state index contributed by atoms with van der Waals surface area (Å²) < 4.78 is 8.85. The first-order chi connectivity index (χ1) is 6.16. The fraction of sp³-hybridized carbons (Fsp3) is 0.286. The van der Waals surface area contributed by atoms with Crippen LogP contribution in [0.5, 0.6) is 0 Å². The third kappa shape index (κ3) is 1.84. The Balaban J connectivity index is 2.93. The van der Waals surface area contributed by atoms with E-state index in [1.807, 2.05) is 0 Å². The molecule has 0 unspecified atom stereocenters. The van der Waals surface area contributed by atoms with Crippen LogP contribution in [-0.4, -0.2) is 23.7 Å². The van der Waals surface area contributed by atoms with Gasteiger partial charge in [0.05, 0.1) is 12.6 Å². The average molecular weight is 184 g/mol. The number of carboxylic acids is 1. The molecule has 1 aromatic heterocycles. The monoisotopic (exact) mass is 184 g/mol. The Kier molecular flexibility index (Phi) is 2.63. The summed E-state index contributed by atoms with van der Waals surface area (Å²) in [6.07, 6.45) is 0.906. The smallest absolute Gasteiger partial charge is 0.343 e. The molecule has 0 bridgehead atoms. The lowest BCUT2D eigenvalue weighted by Crippen LogP contribution is -2.25. The van der Waals surface area contributed by atoms with Gasteiger partial charge < -0.3 is 19.2 Å². The van der Waals surface area contributed by atoms with Crippen LogP contribution in [0.4, 0.5) is 0 Å². The molecule has 0 spiro atoms. The van der Waals surface area contributed by atoms with Crippen molar-refractivity contribution in [1.82, 2.24) is 5.16 Å². The zero-order valence-electron chi connectivity index (χ0n) is 6.77. The van der Waals surface area contributed by atoms with Crippen LogP contribution in [0.2, 0.25) is 0 Å². The maximum absolute atomic E-state index is 11.0. The fourth-order valence-electron chi connectivity index (χ4n) is 0.738. The van der Waals surface area contributed by atoms with Crippen molar-refractivity contribution in [2.75, 3.05) is 6.61 Å². The summed E-state index contributed by atoms with van der Waals surface area (Å²) in [5.74, 6) is -2.36. The van der Waals surface area contributed by atoms with Crippen LogP contribution in [0.3, 0.4) is 0 Å². The number of aromatic nitrogens is 1. The number of carbonyl (C=O) groups is 2. The third-order valence-corrected chi connectivity index (χ3v) is 1.26. The van der Waals surface area contributed by atoms with Gasteiger partial charge in [0.2, 0.25) is 0 Å². The van der Waals surface area contributed by atoms with E-state index in [2.05, 4.69) is 14.4 Å². The van der Waals surface area contributed by atoms with E-state index in [0.717, 1.165) is 6.26 Å². The van der Waals surface area contributed by atoms with Gasteiger partial charge in [-0.3, -0.25) is 0 Å². The Morgan fingerprint density at radius 3 is 2.92 bits per heavy atom. The second-order valence-electron chi connectivity index (χ2n) is 2.08. The highest BCUT2D eigenvalue weighted by Crippen LogP contribution is 2.07. The van der Waals surface area contributed by atoms with Gasteiger partial charge in [-0.25, -0.2) is 4.79 Å². The molecular weight excluding hydrogens is 178 g/mol. The summed E-state index contributed by atoms with van der Waals surface area (Å²) in [5.41, 5.74) is -0.777. The molecule has 0 aromatic carbocycles. The molecule has 1 aromatic rings. The van der Waals surface area contributed by atoms with Gasteiger partial charge >= 0.3 is 5.97 Å². The number of carboxylic acid groups (broad SMARTS) is 1. The molecule has 13 heavy (non-hydrogen) atoms. The van der Waals surface area contributed by atoms with Crippen LogP contribution in [0.15, 0.2) is 10.8 Å². The molecule has 0 radical (unpaired) electrons. The van der Waals surface area contributed by atoms with E-state index < -0.39 is 17.6 Å². The topological polar surface area (TPSA) is 92.5 Å². The molecular formula is C7H6NO5-. The maximum Gasteiger partial charge on any atom is 0.343 e. The first kappa shape index (κ1) is 9.24. The van der Waals surface area contributed by atoms with Crippen LogP contribution >= 0.6 is 0 Å². The Morgan fingerprint density at radius 1 is 1.69 bits per heavy atom. The zero-order chi connectivity index (χ0) is 9.84. The highest BCUT2D eigenvalue weighted by atomic mass is 16.5. The second kappa shape index (κ2) is 3.70. The standard InChI is InChI=1S/C7H7NO5/c1-2-12-7(11)4-3-13-8-5(4)6(9)10/h3H,2H2,1H3,(H,9,10)/p-1. The summed E-state index contributed by atoms with van der Waals surface area (Å²) in [5, 5.41) is 13.4. The lowest BCUT2D eigenvalue weighted by Gasteiger charge is -2.00. The van der Waals surface area contributed by atoms with Crippen LogP contribution in [0.25, 0.3) is 0 Å². The summed E-state index contributed by atoms with van der Waals surface area (Å²) in [6.45, 7) is 1.75. The van der Waals surface area contributed by atoms with Crippen molar-refractivity contribution in [2.24, 2.45) is 0 Å². The van der Waals surface area contributed by atoms with E-state index in [9.17, 15) is 14.7 Å². The average Bonchev–Trinajstić information content (AvgIpc) is 2.52. The Hall–Kier alpha value is -1.85. The maximum atomic E-state index is 11.0. The number of hydrogen-bond acceptors (Lipinski definition) is 6. The first-order valence-electron chi connectivity index (χ1n) is 3.49. The highest BCUT2D eigenvalue weighted by Gasteiger charge is 2.17. The molecule has 0 amide bonds. The van der Waals surface area contributed by atoms with E-state index >= 15 is 0 Å². The predicted octanol–water partition coefficient (Wildman–Crippen LogP) is -0.785. The van der Waals surface area contributed by atoms with E-state index in [0.29, 0.717) is 0 Å². The number of ether oxygens (including phenoxy) is 1. The molecule has 0 saturated heterocycles. The molecule has 0 atom stereocenters. The van der Waals surface area contributed by atoms with Crippen molar-refractivity contribution in [1.29, 1.82) is 0 Å². The minimum atomic E-state index is -1.57. The summed E-state index contributed by atoms with van der Waals surface area (Å²) >= 11 is 0. The Labute approximate surface area is 73.1 Å². The highest BCUT2D eigenvalue weighted by molar-refractivity contribution is 5.99. The number of rotatable bonds is 3. The van der Waals surface area contributed by atoms with Crippen molar-refractivity contribution in [3.8, 4) is 0 Å². The largest absolute Gasteiger partial charge is 0.543 e. The van der Waals surface area contributed by atoms with Crippen molar-refractivity contribution in [2.45, 2.75) is 6.92 Å². The molecule has 6 heteroatoms. The number of nitrogens with zero attached hydrogens (tertiary/aromatic N) is 1. The fourth-order valence-corrected chi connectivity index (χ4v) is 0.738. The minimum absolute atomic E-state index is 0.149. The van der Waals surface area contributed by atoms with E-state index in [1.165, 1.54) is 0 Å². The summed E-state index contributed by atoms with van der Waals surface area (Å²) in [4.78, 5) is 21.4. The van der Waals surface area contributed by atoms with Gasteiger partial charge in [-0.05, 0) is 6.92 Å². The van der Waals surface area contributed by atoms with Crippen molar-refractivity contribution in [3.05, 3.63) is 17.5 Å². The normalized spacial score (nSPS) is 9.62. The molecule has 1 heterocycles. The molecule has 6 nitrogen and oxygen atoms in total.